The minimum Gasteiger partial charge on any atom is -0.512 e. The van der Waals surface area contributed by atoms with Crippen LogP contribution in [0, 0.1) is 17.8 Å². The number of Topliss-reactive ketones (excluding diaryl/α,β-unsaturated/α-hetero) is 2. The van der Waals surface area contributed by atoms with Crippen LogP contribution in [-0.2, 0) is 20.8 Å². The predicted octanol–water partition coefficient (Wildman–Crippen LogP) is 1.22. The van der Waals surface area contributed by atoms with Crippen molar-refractivity contribution in [2.75, 3.05) is 14.1 Å². The fourth-order valence-corrected chi connectivity index (χ4v) is 6.37. The van der Waals surface area contributed by atoms with Crippen molar-refractivity contribution in [3.8, 4) is 5.75 Å². The van der Waals surface area contributed by atoms with E-state index in [1.54, 1.807) is 31.1 Å². The lowest BCUT2D eigenvalue weighted by Gasteiger charge is -2.53. The van der Waals surface area contributed by atoms with Crippen LogP contribution in [0.1, 0.15) is 49.3 Å². The average molecular weight is 515 g/mol. The van der Waals surface area contributed by atoms with Gasteiger partial charge in [0.1, 0.15) is 17.4 Å². The molecule has 3 aliphatic rings. The highest BCUT2D eigenvalue weighted by Crippen LogP contribution is 2.52. The molecule has 1 aromatic rings. The number of fused-ring (bicyclic) bond motifs is 3. The van der Waals surface area contributed by atoms with Crippen LogP contribution in [0.3, 0.4) is 0 Å². The molecule has 7 N–H and O–H groups in total. The minimum absolute atomic E-state index is 0.00223. The van der Waals surface area contributed by atoms with E-state index in [4.69, 9.17) is 5.73 Å². The number of benzene rings is 1. The molecule has 0 spiro atoms. The van der Waals surface area contributed by atoms with Crippen molar-refractivity contribution in [1.29, 1.82) is 0 Å². The Labute approximate surface area is 214 Å². The van der Waals surface area contributed by atoms with Crippen LogP contribution in [0.15, 0.2) is 23.5 Å². The van der Waals surface area contributed by atoms with Gasteiger partial charge < -0.3 is 36.2 Å². The Bertz CT molecular complexity index is 1220. The summed E-state index contributed by atoms with van der Waals surface area (Å²) in [5.41, 5.74) is 3.58. The van der Waals surface area contributed by atoms with Gasteiger partial charge in [-0.05, 0) is 62.5 Å². The molecule has 0 radical (unpaired) electrons. The van der Waals surface area contributed by atoms with Crippen molar-refractivity contribution >= 4 is 29.3 Å². The van der Waals surface area contributed by atoms with Crippen molar-refractivity contribution in [2.24, 2.45) is 23.5 Å². The molecule has 0 aliphatic heterocycles. The molecule has 4 rings (SSSR count). The van der Waals surface area contributed by atoms with Crippen LogP contribution >= 0.6 is 0 Å². The lowest BCUT2D eigenvalue weighted by Crippen LogP contribution is -2.73. The number of aliphatic hydroxyl groups is 4. The van der Waals surface area contributed by atoms with Crippen molar-refractivity contribution in [1.82, 2.24) is 4.90 Å². The lowest BCUT2D eigenvalue weighted by atomic mass is 9.54. The van der Waals surface area contributed by atoms with E-state index in [0.717, 1.165) is 12.8 Å². The molecular formula is C27H34N2O8. The quantitative estimate of drug-likeness (QED) is 0.240. The lowest BCUT2D eigenvalue weighted by molar-refractivity contribution is -0.184. The number of primary amides is 1. The number of amides is 1. The van der Waals surface area contributed by atoms with Gasteiger partial charge in [0.25, 0.3) is 0 Å². The molecule has 1 aromatic carbocycles. The largest absolute Gasteiger partial charge is 0.512 e. The smallest absolute Gasteiger partial charge is 0.230 e. The highest BCUT2D eigenvalue weighted by atomic mass is 16.3. The number of carbonyl (C=O) groups excluding carboxylic acids is 3. The number of aliphatic hydroxyl groups excluding tert-OH is 3. The normalized spacial score (nSPS) is 31.7. The molecule has 2 saturated carbocycles. The molecule has 0 saturated heterocycles. The van der Waals surface area contributed by atoms with Gasteiger partial charge in [-0.3, -0.25) is 14.4 Å². The number of phenolic OH excluding ortho intramolecular Hbond substituents is 1. The van der Waals surface area contributed by atoms with E-state index < -0.39 is 58.7 Å². The van der Waals surface area contributed by atoms with Gasteiger partial charge in [-0.2, -0.15) is 0 Å². The number of nitrogens with two attached hydrogens (primary N) is 1. The summed E-state index contributed by atoms with van der Waals surface area (Å²) in [7, 11) is 3.21. The molecule has 3 aliphatic carbocycles. The van der Waals surface area contributed by atoms with Crippen molar-refractivity contribution in [3.63, 3.8) is 0 Å². The number of aromatic hydroxyl groups is 1. The summed E-state index contributed by atoms with van der Waals surface area (Å²) in [6.45, 7) is 2.00. The Morgan fingerprint density at radius 3 is 2.51 bits per heavy atom. The molecule has 200 valence electrons. The fraction of sp³-hybridized carbons (Fsp3) is 0.519. The summed E-state index contributed by atoms with van der Waals surface area (Å²) < 4.78 is 0. The Kier molecular flexibility index (Phi) is 6.96. The molecule has 0 aromatic heterocycles. The first kappa shape index (κ1) is 26.8. The number of nitrogens with zero attached hydrogens (tertiary/aromatic N) is 1. The summed E-state index contributed by atoms with van der Waals surface area (Å²) in [6.07, 6.45) is 2.39. The second-order valence-corrected chi connectivity index (χ2v) is 10.6. The van der Waals surface area contributed by atoms with E-state index in [0.29, 0.717) is 17.5 Å². The van der Waals surface area contributed by atoms with Crippen molar-refractivity contribution in [3.05, 3.63) is 40.2 Å². The molecule has 0 heterocycles. The number of ketones is 2. The second-order valence-electron chi connectivity index (χ2n) is 10.6. The van der Waals surface area contributed by atoms with Crippen LogP contribution < -0.4 is 5.73 Å². The van der Waals surface area contributed by atoms with E-state index in [9.17, 15) is 39.9 Å². The molecule has 2 fully saturated rings. The minimum atomic E-state index is -2.68. The number of carbonyl (C=O) groups is 3. The maximum absolute atomic E-state index is 13.8. The zero-order valence-electron chi connectivity index (χ0n) is 21.1. The number of hydrogen-bond donors (Lipinski definition) is 6. The number of phenols is 1. The monoisotopic (exact) mass is 514 g/mol. The maximum Gasteiger partial charge on any atom is 0.230 e. The summed E-state index contributed by atoms with van der Waals surface area (Å²) in [5.74, 6) is -7.64. The summed E-state index contributed by atoms with van der Waals surface area (Å²) in [6, 6.07) is 2.01. The van der Waals surface area contributed by atoms with Gasteiger partial charge in [-0.25, -0.2) is 0 Å². The van der Waals surface area contributed by atoms with Crippen LogP contribution in [0.5, 0.6) is 5.75 Å². The first-order chi connectivity index (χ1) is 17.4. The molecule has 10 nitrogen and oxygen atoms in total. The van der Waals surface area contributed by atoms with Crippen molar-refractivity contribution < 1.29 is 39.9 Å². The van der Waals surface area contributed by atoms with E-state index >= 15 is 0 Å². The zero-order chi connectivity index (χ0) is 27.4. The summed E-state index contributed by atoms with van der Waals surface area (Å²) in [4.78, 5) is 40.8. The van der Waals surface area contributed by atoms with E-state index in [-0.39, 0.29) is 35.5 Å². The number of allylic oxidation sites excluding steroid dienone is 1. The van der Waals surface area contributed by atoms with E-state index in [1.807, 2.05) is 6.92 Å². The van der Waals surface area contributed by atoms with Gasteiger partial charge in [-0.15, -0.1) is 0 Å². The van der Waals surface area contributed by atoms with Crippen LogP contribution in [0.4, 0.5) is 0 Å². The number of likely N-dealkylation sites (N-methyl/N-ethyl adjacent to an activating group) is 1. The van der Waals surface area contributed by atoms with Gasteiger partial charge in [0.05, 0.1) is 17.4 Å². The van der Waals surface area contributed by atoms with Crippen LogP contribution in [0.25, 0.3) is 11.8 Å². The van der Waals surface area contributed by atoms with Gasteiger partial charge >= 0.3 is 0 Å². The van der Waals surface area contributed by atoms with Gasteiger partial charge in [-0.1, -0.05) is 19.4 Å². The third-order valence-electron chi connectivity index (χ3n) is 8.12. The molecule has 1 amide bonds. The predicted molar refractivity (Wildman–Crippen MR) is 134 cm³/mol. The Morgan fingerprint density at radius 2 is 1.92 bits per heavy atom. The van der Waals surface area contributed by atoms with Gasteiger partial charge in [0.15, 0.2) is 11.4 Å². The third kappa shape index (κ3) is 4.03. The second kappa shape index (κ2) is 9.59. The van der Waals surface area contributed by atoms with E-state index in [2.05, 4.69) is 0 Å². The number of unbranched alkanes of at least 4 members (excludes halogenated alkanes) is 1. The summed E-state index contributed by atoms with van der Waals surface area (Å²) in [5, 5.41) is 54.8. The Hall–Kier alpha value is -3.21. The van der Waals surface area contributed by atoms with Gasteiger partial charge in [0, 0.05) is 24.0 Å². The molecule has 2 unspecified atom stereocenters. The molecular weight excluding hydrogens is 480 g/mol. The topological polar surface area (TPSA) is 182 Å². The Morgan fingerprint density at radius 1 is 1.24 bits per heavy atom. The zero-order valence-corrected chi connectivity index (χ0v) is 21.1. The molecule has 37 heavy (non-hydrogen) atoms. The van der Waals surface area contributed by atoms with Crippen molar-refractivity contribution in [2.45, 2.75) is 56.8 Å². The molecule has 10 heteroatoms. The average Bonchev–Trinajstić information content (AvgIpc) is 2.81. The third-order valence-corrected chi connectivity index (χ3v) is 8.12. The highest BCUT2D eigenvalue weighted by molar-refractivity contribution is 6.25. The van der Waals surface area contributed by atoms with Crippen LogP contribution in [-0.4, -0.2) is 79.7 Å². The van der Waals surface area contributed by atoms with E-state index in [1.165, 1.54) is 6.07 Å². The number of hydrogen-bond acceptors (Lipinski definition) is 9. The number of rotatable bonds is 6. The summed E-state index contributed by atoms with van der Waals surface area (Å²) >= 11 is 0. The Balaban J connectivity index is 1.88. The van der Waals surface area contributed by atoms with Gasteiger partial charge in [0.2, 0.25) is 11.7 Å². The maximum atomic E-state index is 13.8. The standard InChI is InChI=1S/C27H34N2O8/c1-4-5-6-14(30)9-12-7-8-17(31)19-15(12)10-13-11-16-21(29(2)3)23(33)20(26(28)36)25(35)27(16,37)24(34)18(13)22(19)32/h7-9,13,16,20-21,23,30-33,37H,4-6,10-11H2,1-3H3,(H2,28,36)/b14-9-/t13-,16-,20?,21-,23?,27-/m1/s1. The first-order valence-corrected chi connectivity index (χ1v) is 12.5. The van der Waals surface area contributed by atoms with Crippen LogP contribution in [0.2, 0.25) is 0 Å². The molecule has 0 bridgehead atoms. The SMILES string of the molecule is CCCC/C(O)=C/c1ccc(O)c2c1C[C@@H]1C[C@@H]3[C@@H](N(C)C)C(O)C(C(N)=O)C(=O)[C@]3(O)C(=O)C1=C2O. The highest BCUT2D eigenvalue weighted by Gasteiger charge is 2.67. The molecule has 6 atom stereocenters. The fourth-order valence-electron chi connectivity index (χ4n) is 6.37. The first-order valence-electron chi connectivity index (χ1n) is 12.5.